The van der Waals surface area contributed by atoms with Crippen LogP contribution in [-0.2, 0) is 4.79 Å². The van der Waals surface area contributed by atoms with Crippen LogP contribution in [-0.4, -0.2) is 23.4 Å². The largest absolute Gasteiger partial charge is 0.355 e. The Balaban J connectivity index is 1.86. The molecular formula is C24H21ClN4O2. The molecule has 0 spiro atoms. The van der Waals surface area contributed by atoms with E-state index in [4.69, 9.17) is 11.6 Å². The van der Waals surface area contributed by atoms with Crippen LogP contribution in [0, 0.1) is 25.2 Å². The van der Waals surface area contributed by atoms with Crippen molar-refractivity contribution in [2.24, 2.45) is 0 Å². The van der Waals surface area contributed by atoms with Crippen molar-refractivity contribution < 1.29 is 9.59 Å². The smallest absolute Gasteiger partial charge is 0.266 e. The summed E-state index contributed by atoms with van der Waals surface area (Å²) >= 11 is 6.12. The Bertz CT molecular complexity index is 1220. The molecule has 0 aliphatic carbocycles. The van der Waals surface area contributed by atoms with Crippen LogP contribution < -0.4 is 10.6 Å². The molecule has 2 aromatic carbocycles. The fourth-order valence-electron chi connectivity index (χ4n) is 3.30. The van der Waals surface area contributed by atoms with Crippen LogP contribution >= 0.6 is 11.6 Å². The van der Waals surface area contributed by atoms with Gasteiger partial charge < -0.3 is 15.2 Å². The van der Waals surface area contributed by atoms with Crippen molar-refractivity contribution in [2.75, 3.05) is 12.4 Å². The molecule has 3 aromatic rings. The van der Waals surface area contributed by atoms with Crippen LogP contribution in [0.2, 0.25) is 5.02 Å². The highest BCUT2D eigenvalue weighted by Gasteiger charge is 2.14. The van der Waals surface area contributed by atoms with Gasteiger partial charge in [0, 0.05) is 40.4 Å². The van der Waals surface area contributed by atoms with Gasteiger partial charge in [-0.1, -0.05) is 17.7 Å². The number of nitriles is 1. The molecule has 2 N–H and O–H groups in total. The fourth-order valence-corrected chi connectivity index (χ4v) is 3.48. The Kier molecular flexibility index (Phi) is 6.58. The summed E-state index contributed by atoms with van der Waals surface area (Å²) in [5.74, 6) is -0.742. The summed E-state index contributed by atoms with van der Waals surface area (Å²) in [5.41, 5.74) is 4.44. The number of halogens is 1. The van der Waals surface area contributed by atoms with Crippen LogP contribution in [0.5, 0.6) is 0 Å². The van der Waals surface area contributed by atoms with Gasteiger partial charge in [-0.05, 0) is 74.0 Å². The average Bonchev–Trinajstić information content (AvgIpc) is 3.04. The van der Waals surface area contributed by atoms with Crippen molar-refractivity contribution in [1.82, 2.24) is 9.88 Å². The van der Waals surface area contributed by atoms with E-state index in [0.717, 1.165) is 22.6 Å². The van der Waals surface area contributed by atoms with Crippen molar-refractivity contribution in [1.29, 1.82) is 5.26 Å². The van der Waals surface area contributed by atoms with Crippen LogP contribution in [0.4, 0.5) is 5.69 Å². The Hall–Kier alpha value is -3.82. The van der Waals surface area contributed by atoms with E-state index in [0.29, 0.717) is 16.3 Å². The minimum Gasteiger partial charge on any atom is -0.355 e. The first kappa shape index (κ1) is 21.9. The molecule has 2 amide bonds. The molecule has 0 aliphatic rings. The molecule has 0 saturated heterocycles. The zero-order valence-corrected chi connectivity index (χ0v) is 18.1. The van der Waals surface area contributed by atoms with Crippen LogP contribution in [0.25, 0.3) is 11.8 Å². The lowest BCUT2D eigenvalue weighted by atomic mass is 10.1. The normalized spacial score (nSPS) is 11.0. The minimum absolute atomic E-state index is 0.0262. The van der Waals surface area contributed by atoms with E-state index in [1.807, 2.05) is 48.7 Å². The van der Waals surface area contributed by atoms with E-state index >= 15 is 0 Å². The molecule has 1 heterocycles. The second kappa shape index (κ2) is 9.33. The number of nitrogens with one attached hydrogen (secondary N) is 2. The number of anilines is 1. The lowest BCUT2D eigenvalue weighted by molar-refractivity contribution is -0.112. The van der Waals surface area contributed by atoms with Gasteiger partial charge in [-0.15, -0.1) is 0 Å². The number of benzene rings is 2. The summed E-state index contributed by atoms with van der Waals surface area (Å²) < 4.78 is 2.02. The molecule has 0 saturated carbocycles. The van der Waals surface area contributed by atoms with Crippen LogP contribution in [0.15, 0.2) is 60.2 Å². The van der Waals surface area contributed by atoms with E-state index in [1.165, 1.54) is 0 Å². The van der Waals surface area contributed by atoms with Crippen molar-refractivity contribution in [3.63, 3.8) is 0 Å². The van der Waals surface area contributed by atoms with Gasteiger partial charge in [-0.25, -0.2) is 0 Å². The second-order valence-electron chi connectivity index (χ2n) is 6.92. The first-order valence-electron chi connectivity index (χ1n) is 9.54. The minimum atomic E-state index is -0.525. The zero-order valence-electron chi connectivity index (χ0n) is 17.4. The topological polar surface area (TPSA) is 86.9 Å². The maximum absolute atomic E-state index is 12.6. The van der Waals surface area contributed by atoms with Crippen LogP contribution in [0.1, 0.15) is 27.3 Å². The van der Waals surface area contributed by atoms with Gasteiger partial charge in [0.25, 0.3) is 11.8 Å². The molecule has 7 heteroatoms. The number of carbonyl (C=O) groups is 2. The molecule has 0 fully saturated rings. The average molecular weight is 433 g/mol. The summed E-state index contributed by atoms with van der Waals surface area (Å²) in [6.07, 6.45) is 1.57. The number of nitrogens with zero attached hydrogens (tertiary/aromatic N) is 2. The van der Waals surface area contributed by atoms with E-state index in [9.17, 15) is 14.9 Å². The first-order valence-corrected chi connectivity index (χ1v) is 9.92. The lowest BCUT2D eigenvalue weighted by Crippen LogP contribution is -2.18. The Morgan fingerprint density at radius 3 is 2.42 bits per heavy atom. The van der Waals surface area contributed by atoms with Crippen LogP contribution in [0.3, 0.4) is 0 Å². The van der Waals surface area contributed by atoms with Crippen molar-refractivity contribution in [3.05, 3.63) is 87.7 Å². The number of aromatic nitrogens is 1. The number of hydrogen-bond acceptors (Lipinski definition) is 3. The van der Waals surface area contributed by atoms with Gasteiger partial charge in [-0.3, -0.25) is 9.59 Å². The summed E-state index contributed by atoms with van der Waals surface area (Å²) in [7, 11) is 1.55. The molecule has 0 bridgehead atoms. The Morgan fingerprint density at radius 2 is 1.81 bits per heavy atom. The van der Waals surface area contributed by atoms with Gasteiger partial charge in [0.2, 0.25) is 0 Å². The molecule has 3 rings (SSSR count). The lowest BCUT2D eigenvalue weighted by Gasteiger charge is -2.10. The van der Waals surface area contributed by atoms with Gasteiger partial charge in [-0.2, -0.15) is 5.26 Å². The highest BCUT2D eigenvalue weighted by Crippen LogP contribution is 2.24. The molecule has 0 radical (unpaired) electrons. The summed E-state index contributed by atoms with van der Waals surface area (Å²) in [6.45, 7) is 3.87. The van der Waals surface area contributed by atoms with E-state index < -0.39 is 5.91 Å². The molecular weight excluding hydrogens is 412 g/mol. The Labute approximate surface area is 185 Å². The molecule has 0 atom stereocenters. The fraction of sp³-hybridized carbons (Fsp3) is 0.125. The van der Waals surface area contributed by atoms with Crippen molar-refractivity contribution >= 4 is 35.2 Å². The predicted molar refractivity (Wildman–Crippen MR) is 122 cm³/mol. The highest BCUT2D eigenvalue weighted by atomic mass is 35.5. The quantitative estimate of drug-likeness (QED) is 0.454. The van der Waals surface area contributed by atoms with Gasteiger partial charge in [0.1, 0.15) is 11.6 Å². The maximum Gasteiger partial charge on any atom is 0.266 e. The standard InChI is InChI=1S/C24H21ClN4O2/c1-15-11-18(16(2)29(15)22-6-4-5-20(25)13-22)12-19(14-26)24(31)28-21-9-7-17(8-10-21)23(30)27-3/h4-13H,1-3H3,(H,27,30)(H,28,31)/b19-12+. The highest BCUT2D eigenvalue weighted by molar-refractivity contribution is 6.30. The second-order valence-corrected chi connectivity index (χ2v) is 7.36. The number of amides is 2. The van der Waals surface area contributed by atoms with Gasteiger partial charge in [0.15, 0.2) is 0 Å². The molecule has 1 aromatic heterocycles. The molecule has 0 unspecified atom stereocenters. The number of hydrogen-bond donors (Lipinski definition) is 2. The maximum atomic E-state index is 12.6. The molecule has 156 valence electrons. The number of carbonyl (C=O) groups excluding carboxylic acids is 2. The summed E-state index contributed by atoms with van der Waals surface area (Å²) in [5, 5.41) is 15.4. The molecule has 6 nitrogen and oxygen atoms in total. The number of aryl methyl sites for hydroxylation is 1. The third-order valence-corrected chi connectivity index (χ3v) is 5.07. The van der Waals surface area contributed by atoms with E-state index in [1.54, 1.807) is 43.5 Å². The molecule has 31 heavy (non-hydrogen) atoms. The Morgan fingerprint density at radius 1 is 1.10 bits per heavy atom. The molecule has 0 aliphatic heterocycles. The number of rotatable bonds is 5. The van der Waals surface area contributed by atoms with Crippen molar-refractivity contribution in [2.45, 2.75) is 13.8 Å². The van der Waals surface area contributed by atoms with E-state index in [-0.39, 0.29) is 11.5 Å². The first-order chi connectivity index (χ1) is 14.8. The SMILES string of the molecule is CNC(=O)c1ccc(NC(=O)/C(C#N)=C/c2cc(C)n(-c3cccc(Cl)c3)c2C)cc1. The van der Waals surface area contributed by atoms with Gasteiger partial charge >= 0.3 is 0 Å². The zero-order chi connectivity index (χ0) is 22.5. The monoisotopic (exact) mass is 432 g/mol. The third-order valence-electron chi connectivity index (χ3n) is 4.83. The van der Waals surface area contributed by atoms with E-state index in [2.05, 4.69) is 10.6 Å². The summed E-state index contributed by atoms with van der Waals surface area (Å²) in [6, 6.07) is 17.8. The predicted octanol–water partition coefficient (Wildman–Crippen LogP) is 4.65. The van der Waals surface area contributed by atoms with Crippen molar-refractivity contribution in [3.8, 4) is 11.8 Å². The van der Waals surface area contributed by atoms with Gasteiger partial charge in [0.05, 0.1) is 0 Å². The summed E-state index contributed by atoms with van der Waals surface area (Å²) in [4.78, 5) is 24.3. The third kappa shape index (κ3) is 4.85.